The number of nitrogens with one attached hydrogen (secondary N) is 1. The summed E-state index contributed by atoms with van der Waals surface area (Å²) >= 11 is 0. The fourth-order valence-corrected chi connectivity index (χ4v) is 4.36. The van der Waals surface area contributed by atoms with Crippen LogP contribution in [0.25, 0.3) is 5.69 Å². The van der Waals surface area contributed by atoms with Crippen molar-refractivity contribution in [2.75, 3.05) is 0 Å². The van der Waals surface area contributed by atoms with Gasteiger partial charge in [0.2, 0.25) is 15.9 Å². The molecule has 7 heteroatoms. The Balaban J connectivity index is 1.61. The van der Waals surface area contributed by atoms with Crippen molar-refractivity contribution in [3.8, 4) is 5.69 Å². The maximum absolute atomic E-state index is 12.1. The van der Waals surface area contributed by atoms with Gasteiger partial charge in [-0.25, -0.2) is 13.1 Å². The van der Waals surface area contributed by atoms with Crippen LogP contribution in [0.4, 0.5) is 0 Å². The minimum Gasteiger partial charge on any atom is -0.274 e. The first kappa shape index (κ1) is 15.7. The molecule has 2 aromatic rings. The Hall–Kier alpha value is -2.15. The molecule has 6 nitrogen and oxygen atoms in total. The molecule has 0 radical (unpaired) electrons. The maximum Gasteiger partial charge on any atom is 0.237 e. The number of hydrogen-bond acceptors (Lipinski definition) is 4. The Morgan fingerprint density at radius 2 is 1.91 bits per heavy atom. The van der Waals surface area contributed by atoms with E-state index in [-0.39, 0.29) is 6.42 Å². The lowest BCUT2D eigenvalue weighted by atomic mass is 10.1. The van der Waals surface area contributed by atoms with Crippen molar-refractivity contribution in [3.05, 3.63) is 48.3 Å². The summed E-state index contributed by atoms with van der Waals surface area (Å²) in [5, 5.41) is 3.71. The molecular weight excluding hydrogens is 314 g/mol. The van der Waals surface area contributed by atoms with Gasteiger partial charge in [-0.3, -0.25) is 9.52 Å². The van der Waals surface area contributed by atoms with Gasteiger partial charge < -0.3 is 0 Å². The number of nitrogens with zero attached hydrogens (tertiary/aromatic N) is 2. The molecule has 1 aromatic carbocycles. The van der Waals surface area contributed by atoms with Crippen LogP contribution in [-0.4, -0.2) is 29.4 Å². The van der Waals surface area contributed by atoms with Crippen molar-refractivity contribution in [1.82, 2.24) is 14.5 Å². The number of benzene rings is 1. The molecule has 1 saturated carbocycles. The second-order valence-electron chi connectivity index (χ2n) is 5.77. The lowest BCUT2D eigenvalue weighted by molar-refractivity contribution is -0.118. The fourth-order valence-electron chi connectivity index (χ4n) is 2.85. The smallest absolute Gasteiger partial charge is 0.237 e. The summed E-state index contributed by atoms with van der Waals surface area (Å²) in [5.41, 5.74) is 1.65. The molecule has 1 N–H and O–H groups in total. The average Bonchev–Trinajstić information content (AvgIpc) is 3.21. The van der Waals surface area contributed by atoms with E-state index in [0.29, 0.717) is 12.8 Å². The van der Waals surface area contributed by atoms with Crippen molar-refractivity contribution >= 4 is 15.9 Å². The quantitative estimate of drug-likeness (QED) is 0.905. The first-order valence-electron chi connectivity index (χ1n) is 7.68. The molecule has 1 aliphatic carbocycles. The Morgan fingerprint density at radius 3 is 2.52 bits per heavy atom. The van der Waals surface area contributed by atoms with E-state index in [0.717, 1.165) is 24.1 Å². The zero-order valence-electron chi connectivity index (χ0n) is 12.7. The molecule has 0 unspecified atom stereocenters. The van der Waals surface area contributed by atoms with E-state index < -0.39 is 21.2 Å². The predicted octanol–water partition coefficient (Wildman–Crippen LogP) is 1.80. The zero-order valence-corrected chi connectivity index (χ0v) is 13.5. The number of amides is 1. The number of rotatable bonds is 5. The Kier molecular flexibility index (Phi) is 4.47. The zero-order chi connectivity index (χ0) is 16.3. The van der Waals surface area contributed by atoms with Crippen LogP contribution in [0.15, 0.2) is 42.7 Å². The largest absolute Gasteiger partial charge is 0.274 e. The van der Waals surface area contributed by atoms with Gasteiger partial charge in [-0.2, -0.15) is 5.10 Å². The summed E-state index contributed by atoms with van der Waals surface area (Å²) in [5.74, 6) is -0.483. The molecule has 1 fully saturated rings. The van der Waals surface area contributed by atoms with Crippen LogP contribution in [0, 0.1) is 0 Å². The van der Waals surface area contributed by atoms with Gasteiger partial charge in [-0.1, -0.05) is 25.0 Å². The highest BCUT2D eigenvalue weighted by atomic mass is 32.2. The molecule has 0 saturated heterocycles. The predicted molar refractivity (Wildman–Crippen MR) is 86.6 cm³/mol. The van der Waals surface area contributed by atoms with E-state index >= 15 is 0 Å². The molecule has 23 heavy (non-hydrogen) atoms. The minimum absolute atomic E-state index is 0.0470. The van der Waals surface area contributed by atoms with Crippen LogP contribution < -0.4 is 4.72 Å². The van der Waals surface area contributed by atoms with Gasteiger partial charge in [-0.15, -0.1) is 0 Å². The Morgan fingerprint density at radius 1 is 1.22 bits per heavy atom. The molecule has 122 valence electrons. The monoisotopic (exact) mass is 333 g/mol. The molecule has 1 aromatic heterocycles. The second-order valence-corrected chi connectivity index (χ2v) is 7.73. The van der Waals surface area contributed by atoms with Crippen LogP contribution in [-0.2, 0) is 21.2 Å². The summed E-state index contributed by atoms with van der Waals surface area (Å²) in [7, 11) is -3.54. The molecule has 3 rings (SSSR count). The van der Waals surface area contributed by atoms with Crippen LogP contribution >= 0.6 is 0 Å². The highest BCUT2D eigenvalue weighted by Gasteiger charge is 2.29. The van der Waals surface area contributed by atoms with Crippen LogP contribution in [0.2, 0.25) is 0 Å². The summed E-state index contributed by atoms with van der Waals surface area (Å²) in [4.78, 5) is 12.0. The summed E-state index contributed by atoms with van der Waals surface area (Å²) in [6.45, 7) is 0. The molecule has 0 spiro atoms. The van der Waals surface area contributed by atoms with Gasteiger partial charge in [0.05, 0.1) is 17.4 Å². The topological polar surface area (TPSA) is 81.1 Å². The standard InChI is InChI=1S/C16H19N3O3S/c20-16(18-23(21,22)15-4-1-2-5-15)12-13-6-8-14(9-7-13)19-11-3-10-17-19/h3,6-11,15H,1-2,4-5,12H2,(H,18,20). The summed E-state index contributed by atoms with van der Waals surface area (Å²) in [6, 6.07) is 9.13. The van der Waals surface area contributed by atoms with E-state index in [4.69, 9.17) is 0 Å². The van der Waals surface area contributed by atoms with Gasteiger partial charge in [0.15, 0.2) is 0 Å². The Bertz CT molecular complexity index is 761. The third-order valence-corrected chi connectivity index (χ3v) is 5.93. The minimum atomic E-state index is -3.54. The fraction of sp³-hybridized carbons (Fsp3) is 0.375. The highest BCUT2D eigenvalue weighted by Crippen LogP contribution is 2.23. The number of hydrogen-bond donors (Lipinski definition) is 1. The first-order valence-corrected chi connectivity index (χ1v) is 9.23. The van der Waals surface area contributed by atoms with Gasteiger partial charge >= 0.3 is 0 Å². The maximum atomic E-state index is 12.1. The normalized spacial score (nSPS) is 15.7. The van der Waals surface area contributed by atoms with Gasteiger partial charge in [-0.05, 0) is 36.6 Å². The van der Waals surface area contributed by atoms with E-state index in [2.05, 4.69) is 9.82 Å². The van der Waals surface area contributed by atoms with Gasteiger partial charge in [0.25, 0.3) is 0 Å². The first-order chi connectivity index (χ1) is 11.0. The van der Waals surface area contributed by atoms with Gasteiger partial charge in [0, 0.05) is 12.4 Å². The van der Waals surface area contributed by atoms with E-state index in [1.54, 1.807) is 23.0 Å². The second kappa shape index (κ2) is 6.54. The number of carbonyl (C=O) groups excluding carboxylic acids is 1. The highest BCUT2D eigenvalue weighted by molar-refractivity contribution is 7.90. The number of aromatic nitrogens is 2. The molecule has 1 aliphatic rings. The average molecular weight is 333 g/mol. The SMILES string of the molecule is O=C(Cc1ccc(-n2cccn2)cc1)NS(=O)(=O)C1CCCC1. The van der Waals surface area contributed by atoms with E-state index in [1.165, 1.54) is 0 Å². The molecule has 0 bridgehead atoms. The molecule has 0 atom stereocenters. The third-order valence-electron chi connectivity index (χ3n) is 4.07. The van der Waals surface area contributed by atoms with Gasteiger partial charge in [0.1, 0.15) is 0 Å². The van der Waals surface area contributed by atoms with Crippen molar-refractivity contribution in [3.63, 3.8) is 0 Å². The van der Waals surface area contributed by atoms with E-state index in [1.807, 2.05) is 24.4 Å². The molecule has 0 aliphatic heterocycles. The van der Waals surface area contributed by atoms with Crippen LogP contribution in [0.1, 0.15) is 31.2 Å². The summed E-state index contributed by atoms with van der Waals surface area (Å²) < 4.78 is 28.1. The van der Waals surface area contributed by atoms with Crippen molar-refractivity contribution in [2.45, 2.75) is 37.4 Å². The third kappa shape index (κ3) is 3.79. The van der Waals surface area contributed by atoms with Crippen LogP contribution in [0.3, 0.4) is 0 Å². The van der Waals surface area contributed by atoms with Crippen LogP contribution in [0.5, 0.6) is 0 Å². The summed E-state index contributed by atoms with van der Waals surface area (Å²) in [6.07, 6.45) is 6.67. The molecule has 1 heterocycles. The van der Waals surface area contributed by atoms with Crippen molar-refractivity contribution in [1.29, 1.82) is 0 Å². The Labute approximate surface area is 135 Å². The van der Waals surface area contributed by atoms with E-state index in [9.17, 15) is 13.2 Å². The lowest BCUT2D eigenvalue weighted by Gasteiger charge is -2.12. The van der Waals surface area contributed by atoms with Crippen molar-refractivity contribution in [2.24, 2.45) is 0 Å². The number of carbonyl (C=O) groups is 1. The number of sulfonamides is 1. The molecule has 1 amide bonds. The molecular formula is C16H19N3O3S. The van der Waals surface area contributed by atoms with Crippen molar-refractivity contribution < 1.29 is 13.2 Å². The lowest BCUT2D eigenvalue weighted by Crippen LogP contribution is -2.38.